The third-order valence-electron chi connectivity index (χ3n) is 3.42. The first-order valence-electron chi connectivity index (χ1n) is 6.83. The van der Waals surface area contributed by atoms with Crippen molar-refractivity contribution in [2.75, 3.05) is 18.6 Å². The highest BCUT2D eigenvalue weighted by Crippen LogP contribution is 2.27. The van der Waals surface area contributed by atoms with Gasteiger partial charge in [0.1, 0.15) is 6.61 Å². The number of benzene rings is 1. The maximum atomic E-state index is 12.5. The number of hydrogen-bond acceptors (Lipinski definition) is 3. The zero-order valence-corrected chi connectivity index (χ0v) is 13.7. The molecule has 110 valence electrons. The monoisotopic (exact) mass is 293 g/mol. The van der Waals surface area contributed by atoms with Gasteiger partial charge in [-0.05, 0) is 38.3 Å². The molecule has 0 radical (unpaired) electrons. The highest BCUT2D eigenvalue weighted by atomic mass is 32.1. The molecule has 1 atom stereocenters. The van der Waals surface area contributed by atoms with Crippen molar-refractivity contribution in [2.45, 2.75) is 40.2 Å². The van der Waals surface area contributed by atoms with Crippen LogP contribution in [0.2, 0.25) is 0 Å². The SMILES string of the molecule is CCC(=S)C(C)N(C(=O)COC)c1c(C)cccc1C. The predicted molar refractivity (Wildman–Crippen MR) is 87.6 cm³/mol. The van der Waals surface area contributed by atoms with Crippen LogP contribution >= 0.6 is 12.2 Å². The van der Waals surface area contributed by atoms with Crippen molar-refractivity contribution in [3.8, 4) is 0 Å². The molecule has 0 aliphatic carbocycles. The zero-order valence-electron chi connectivity index (χ0n) is 12.9. The molecular formula is C16H23NO2S. The molecule has 0 N–H and O–H groups in total. The molecule has 4 heteroatoms. The van der Waals surface area contributed by atoms with Crippen LogP contribution in [0.25, 0.3) is 0 Å². The summed E-state index contributed by atoms with van der Waals surface area (Å²) in [7, 11) is 1.53. The van der Waals surface area contributed by atoms with E-state index in [0.29, 0.717) is 0 Å². The van der Waals surface area contributed by atoms with Crippen LogP contribution in [-0.4, -0.2) is 30.5 Å². The van der Waals surface area contributed by atoms with E-state index in [0.717, 1.165) is 28.1 Å². The van der Waals surface area contributed by atoms with Gasteiger partial charge in [0.15, 0.2) is 0 Å². The number of nitrogens with zero attached hydrogens (tertiary/aromatic N) is 1. The molecule has 0 aliphatic rings. The van der Waals surface area contributed by atoms with Gasteiger partial charge in [-0.2, -0.15) is 0 Å². The van der Waals surface area contributed by atoms with Gasteiger partial charge in [-0.15, -0.1) is 0 Å². The van der Waals surface area contributed by atoms with Crippen LogP contribution in [0.5, 0.6) is 0 Å². The molecule has 1 aromatic rings. The summed E-state index contributed by atoms with van der Waals surface area (Å²) < 4.78 is 5.01. The van der Waals surface area contributed by atoms with E-state index in [-0.39, 0.29) is 18.6 Å². The van der Waals surface area contributed by atoms with E-state index in [2.05, 4.69) is 0 Å². The number of methoxy groups -OCH3 is 1. The number of thiocarbonyl (C=S) groups is 1. The molecule has 20 heavy (non-hydrogen) atoms. The molecule has 0 bridgehead atoms. The minimum Gasteiger partial charge on any atom is -0.375 e. The lowest BCUT2D eigenvalue weighted by atomic mass is 10.0. The maximum Gasteiger partial charge on any atom is 0.253 e. The average Bonchev–Trinajstić information content (AvgIpc) is 2.41. The average molecular weight is 293 g/mol. The topological polar surface area (TPSA) is 29.5 Å². The first-order valence-corrected chi connectivity index (χ1v) is 7.24. The van der Waals surface area contributed by atoms with Crippen molar-refractivity contribution >= 4 is 28.7 Å². The Balaban J connectivity index is 3.30. The summed E-state index contributed by atoms with van der Waals surface area (Å²) in [6.45, 7) is 8.08. The Morgan fingerprint density at radius 2 is 1.90 bits per heavy atom. The molecule has 1 rings (SSSR count). The minimum absolute atomic E-state index is 0.0600. The van der Waals surface area contributed by atoms with Crippen LogP contribution in [0, 0.1) is 13.8 Å². The van der Waals surface area contributed by atoms with Gasteiger partial charge in [-0.25, -0.2) is 0 Å². The number of aryl methyl sites for hydroxylation is 2. The summed E-state index contributed by atoms with van der Waals surface area (Å²) >= 11 is 5.41. The first-order chi connectivity index (χ1) is 9.43. The Labute approximate surface area is 126 Å². The van der Waals surface area contributed by atoms with E-state index >= 15 is 0 Å². The molecule has 0 spiro atoms. The van der Waals surface area contributed by atoms with Gasteiger partial charge in [0.2, 0.25) is 0 Å². The van der Waals surface area contributed by atoms with E-state index in [1.54, 1.807) is 4.90 Å². The van der Waals surface area contributed by atoms with Crippen molar-refractivity contribution in [1.82, 2.24) is 0 Å². The Kier molecular flexibility index (Phi) is 6.30. The minimum atomic E-state index is -0.113. The largest absolute Gasteiger partial charge is 0.375 e. The standard InChI is InChI=1S/C16H23NO2S/c1-6-14(20)13(4)17(15(18)10-19-5)16-11(2)8-7-9-12(16)3/h7-9,13H,6,10H2,1-5H3. The van der Waals surface area contributed by atoms with Crippen LogP contribution in [-0.2, 0) is 9.53 Å². The maximum absolute atomic E-state index is 12.5. The fourth-order valence-corrected chi connectivity index (χ4v) is 2.46. The number of carbonyl (C=O) groups is 1. The van der Waals surface area contributed by atoms with Gasteiger partial charge in [0.05, 0.1) is 11.7 Å². The van der Waals surface area contributed by atoms with Crippen LogP contribution in [0.4, 0.5) is 5.69 Å². The number of hydrogen-bond donors (Lipinski definition) is 0. The second-order valence-corrected chi connectivity index (χ2v) is 5.46. The smallest absolute Gasteiger partial charge is 0.253 e. The first kappa shape index (κ1) is 16.8. The summed E-state index contributed by atoms with van der Waals surface area (Å²) in [6.07, 6.45) is 0.776. The van der Waals surface area contributed by atoms with Gasteiger partial charge in [-0.1, -0.05) is 37.3 Å². The fourth-order valence-electron chi connectivity index (χ4n) is 2.35. The van der Waals surface area contributed by atoms with E-state index in [9.17, 15) is 4.79 Å². The van der Waals surface area contributed by atoms with Gasteiger partial charge >= 0.3 is 0 Å². The molecule has 1 unspecified atom stereocenters. The zero-order chi connectivity index (χ0) is 15.3. The number of anilines is 1. The summed E-state index contributed by atoms with van der Waals surface area (Å²) in [5.41, 5.74) is 3.08. The summed E-state index contributed by atoms with van der Waals surface area (Å²) in [4.78, 5) is 15.1. The molecule has 1 aromatic carbocycles. The van der Waals surface area contributed by atoms with Crippen LogP contribution in [0.1, 0.15) is 31.4 Å². The van der Waals surface area contributed by atoms with Crippen molar-refractivity contribution in [2.24, 2.45) is 0 Å². The van der Waals surface area contributed by atoms with E-state index in [1.165, 1.54) is 7.11 Å². The van der Waals surface area contributed by atoms with E-state index < -0.39 is 0 Å². The molecule has 0 aliphatic heterocycles. The number of rotatable bonds is 6. The molecule has 1 amide bonds. The Morgan fingerprint density at radius 3 is 2.35 bits per heavy atom. The van der Waals surface area contributed by atoms with E-state index in [4.69, 9.17) is 17.0 Å². The number of para-hydroxylation sites is 1. The van der Waals surface area contributed by atoms with Gasteiger partial charge < -0.3 is 9.64 Å². The van der Waals surface area contributed by atoms with Gasteiger partial charge in [-0.3, -0.25) is 4.79 Å². The van der Waals surface area contributed by atoms with Crippen molar-refractivity contribution in [1.29, 1.82) is 0 Å². The highest BCUT2D eigenvalue weighted by molar-refractivity contribution is 7.80. The molecule has 0 heterocycles. The second kappa shape index (κ2) is 7.50. The Hall–Kier alpha value is -1.26. The summed E-state index contributed by atoms with van der Waals surface area (Å²) in [5, 5.41) is 0. The molecule has 0 fully saturated rings. The van der Waals surface area contributed by atoms with Crippen LogP contribution in [0.3, 0.4) is 0 Å². The number of amides is 1. The van der Waals surface area contributed by atoms with E-state index in [1.807, 2.05) is 45.9 Å². The fraction of sp³-hybridized carbons (Fsp3) is 0.500. The lowest BCUT2D eigenvalue weighted by molar-refractivity contribution is -0.122. The summed E-state index contributed by atoms with van der Waals surface area (Å²) in [5.74, 6) is -0.0619. The molecule has 0 saturated carbocycles. The van der Waals surface area contributed by atoms with Crippen LogP contribution in [0.15, 0.2) is 18.2 Å². The molecule has 0 aromatic heterocycles. The lowest BCUT2D eigenvalue weighted by Gasteiger charge is -2.32. The van der Waals surface area contributed by atoms with Crippen molar-refractivity contribution in [3.05, 3.63) is 29.3 Å². The molecule has 0 saturated heterocycles. The second-order valence-electron chi connectivity index (χ2n) is 4.93. The number of carbonyl (C=O) groups excluding carboxylic acids is 1. The van der Waals surface area contributed by atoms with Crippen molar-refractivity contribution < 1.29 is 9.53 Å². The van der Waals surface area contributed by atoms with Gasteiger partial charge in [0.25, 0.3) is 5.91 Å². The third kappa shape index (κ3) is 3.64. The van der Waals surface area contributed by atoms with Gasteiger partial charge in [0, 0.05) is 12.0 Å². The molecular weight excluding hydrogens is 270 g/mol. The Bertz CT molecular complexity index is 479. The Morgan fingerprint density at radius 1 is 1.35 bits per heavy atom. The summed E-state index contributed by atoms with van der Waals surface area (Å²) in [6, 6.07) is 5.90. The normalized spacial score (nSPS) is 12.1. The number of ether oxygens (including phenoxy) is 1. The highest BCUT2D eigenvalue weighted by Gasteiger charge is 2.26. The third-order valence-corrected chi connectivity index (χ3v) is 4.05. The predicted octanol–water partition coefficient (Wildman–Crippen LogP) is 3.45. The molecule has 3 nitrogen and oxygen atoms in total. The van der Waals surface area contributed by atoms with Crippen LogP contribution < -0.4 is 4.90 Å². The lowest BCUT2D eigenvalue weighted by Crippen LogP contribution is -2.45. The van der Waals surface area contributed by atoms with Crippen molar-refractivity contribution in [3.63, 3.8) is 0 Å². The quantitative estimate of drug-likeness (QED) is 0.752.